The third-order valence-corrected chi connectivity index (χ3v) is 3.68. The molecule has 1 aliphatic heterocycles. The Balaban J connectivity index is 2.14. The van der Waals surface area contributed by atoms with Crippen molar-refractivity contribution in [2.75, 3.05) is 12.3 Å². The van der Waals surface area contributed by atoms with Crippen LogP contribution >= 0.6 is 11.8 Å². The monoisotopic (exact) mass is 268 g/mol. The molecule has 0 spiro atoms. The molecule has 1 saturated heterocycles. The topological polar surface area (TPSA) is 24.4 Å². The lowest BCUT2D eigenvalue weighted by Crippen LogP contribution is -2.31. The fourth-order valence-electron chi connectivity index (χ4n) is 1.48. The summed E-state index contributed by atoms with van der Waals surface area (Å²) in [5.74, 6) is 1.56. The molecule has 0 radical (unpaired) electrons. The van der Waals surface area contributed by atoms with Gasteiger partial charge in [0, 0.05) is 24.8 Å². The van der Waals surface area contributed by atoms with Crippen LogP contribution in [0.3, 0.4) is 0 Å². The number of nitrogens with zero attached hydrogens (tertiary/aromatic N) is 1. The van der Waals surface area contributed by atoms with Gasteiger partial charge in [-0.2, -0.15) is 13.2 Å². The molecule has 1 rings (SSSR count). The summed E-state index contributed by atoms with van der Waals surface area (Å²) >= 11 is 1.66. The third-order valence-electron chi connectivity index (χ3n) is 2.64. The second-order valence-corrected chi connectivity index (χ2v) is 5.57. The van der Waals surface area contributed by atoms with E-state index >= 15 is 0 Å². The van der Waals surface area contributed by atoms with E-state index in [4.69, 9.17) is 0 Å². The van der Waals surface area contributed by atoms with Crippen LogP contribution in [0, 0.1) is 5.92 Å². The van der Waals surface area contributed by atoms with E-state index in [2.05, 4.69) is 24.2 Å². The van der Waals surface area contributed by atoms with E-state index in [0.29, 0.717) is 24.9 Å². The molecule has 0 aliphatic carbocycles. The van der Waals surface area contributed by atoms with Gasteiger partial charge in [0.1, 0.15) is 0 Å². The largest absolute Gasteiger partial charge is 0.389 e. The van der Waals surface area contributed by atoms with Crippen molar-refractivity contribution in [1.82, 2.24) is 5.32 Å². The van der Waals surface area contributed by atoms with Gasteiger partial charge < -0.3 is 5.32 Å². The summed E-state index contributed by atoms with van der Waals surface area (Å²) in [6.45, 7) is 4.77. The summed E-state index contributed by atoms with van der Waals surface area (Å²) in [5.41, 5.74) is 0. The number of hydrogen-bond donors (Lipinski definition) is 1. The van der Waals surface area contributed by atoms with Gasteiger partial charge in [-0.1, -0.05) is 25.6 Å². The zero-order valence-electron chi connectivity index (χ0n) is 10.2. The highest BCUT2D eigenvalue weighted by Crippen LogP contribution is 2.22. The fraction of sp³-hybridized carbons (Fsp3) is 0.909. The summed E-state index contributed by atoms with van der Waals surface area (Å²) in [7, 11) is 0. The van der Waals surface area contributed by atoms with Crippen molar-refractivity contribution in [3.8, 4) is 0 Å². The quantitative estimate of drug-likeness (QED) is 0.772. The zero-order valence-corrected chi connectivity index (χ0v) is 11.0. The van der Waals surface area contributed by atoms with Crippen LogP contribution in [0.5, 0.6) is 0 Å². The maximum absolute atomic E-state index is 11.9. The molecule has 2 nitrogen and oxygen atoms in total. The lowest BCUT2D eigenvalue weighted by atomic mass is 10.1. The summed E-state index contributed by atoms with van der Waals surface area (Å²) in [5, 5.41) is 4.17. The van der Waals surface area contributed by atoms with Gasteiger partial charge in [-0.3, -0.25) is 4.99 Å². The number of thioether (sulfide) groups is 1. The minimum Gasteiger partial charge on any atom is -0.361 e. The second kappa shape index (κ2) is 6.52. The van der Waals surface area contributed by atoms with Crippen molar-refractivity contribution in [3.05, 3.63) is 0 Å². The molecule has 1 fully saturated rings. The van der Waals surface area contributed by atoms with Gasteiger partial charge in [0.25, 0.3) is 0 Å². The number of unbranched alkanes of at least 4 members (excludes halogenated alkanes) is 1. The minimum atomic E-state index is -4.03. The molecule has 0 aromatic rings. The molecule has 6 heteroatoms. The molecule has 1 heterocycles. The Bertz CT molecular complexity index is 264. The Morgan fingerprint density at radius 2 is 2.12 bits per heavy atom. The summed E-state index contributed by atoms with van der Waals surface area (Å²) in [4.78, 5) is 4.28. The summed E-state index contributed by atoms with van der Waals surface area (Å²) < 4.78 is 35.6. The van der Waals surface area contributed by atoms with Crippen molar-refractivity contribution in [2.24, 2.45) is 10.9 Å². The highest BCUT2D eigenvalue weighted by atomic mass is 32.2. The van der Waals surface area contributed by atoms with Crippen LogP contribution in [-0.2, 0) is 0 Å². The Morgan fingerprint density at radius 3 is 2.65 bits per heavy atom. The van der Waals surface area contributed by atoms with Gasteiger partial charge in [-0.15, -0.1) is 0 Å². The van der Waals surface area contributed by atoms with Crippen molar-refractivity contribution in [3.63, 3.8) is 0 Å². The lowest BCUT2D eigenvalue weighted by molar-refractivity contribution is -0.135. The first-order chi connectivity index (χ1) is 7.88. The van der Waals surface area contributed by atoms with Crippen LogP contribution in [0.15, 0.2) is 4.99 Å². The number of rotatable bonds is 5. The Labute approximate surface area is 104 Å². The van der Waals surface area contributed by atoms with E-state index in [1.54, 1.807) is 11.8 Å². The molecule has 0 aromatic carbocycles. The van der Waals surface area contributed by atoms with Gasteiger partial charge >= 0.3 is 6.18 Å². The van der Waals surface area contributed by atoms with Crippen molar-refractivity contribution >= 4 is 16.9 Å². The zero-order chi connectivity index (χ0) is 12.9. The van der Waals surface area contributed by atoms with Crippen LogP contribution in [0.25, 0.3) is 0 Å². The van der Waals surface area contributed by atoms with Crippen LogP contribution in [0.2, 0.25) is 0 Å². The van der Waals surface area contributed by atoms with Gasteiger partial charge in [0.2, 0.25) is 0 Å². The first-order valence-electron chi connectivity index (χ1n) is 5.89. The van der Waals surface area contributed by atoms with Crippen molar-refractivity contribution in [2.45, 2.75) is 45.3 Å². The van der Waals surface area contributed by atoms with Crippen LogP contribution in [0.4, 0.5) is 13.2 Å². The minimum absolute atomic E-state index is 0.165. The van der Waals surface area contributed by atoms with Gasteiger partial charge in [-0.05, 0) is 18.8 Å². The SMILES string of the molecule is CC(C)[C@H]1CSC(=NCCCCC(F)(F)F)N1. The van der Waals surface area contributed by atoms with E-state index in [0.717, 1.165) is 10.9 Å². The predicted octanol–water partition coefficient (Wildman–Crippen LogP) is 3.44. The second-order valence-electron chi connectivity index (χ2n) is 4.57. The Morgan fingerprint density at radius 1 is 1.41 bits per heavy atom. The van der Waals surface area contributed by atoms with E-state index in [9.17, 15) is 13.2 Å². The molecule has 100 valence electrons. The molecule has 0 unspecified atom stereocenters. The molecule has 17 heavy (non-hydrogen) atoms. The third kappa shape index (κ3) is 6.19. The number of amidine groups is 1. The first-order valence-corrected chi connectivity index (χ1v) is 6.87. The average molecular weight is 268 g/mol. The maximum Gasteiger partial charge on any atom is 0.389 e. The van der Waals surface area contributed by atoms with Crippen LogP contribution < -0.4 is 5.32 Å². The molecule has 0 bridgehead atoms. The summed E-state index contributed by atoms with van der Waals surface area (Å²) in [6.07, 6.45) is -4.07. The standard InChI is InChI=1S/C11H19F3N2S/c1-8(2)9-7-17-10(16-9)15-6-4-3-5-11(12,13)14/h8-9H,3-7H2,1-2H3,(H,15,16)/t9-/m1/s1. The number of hydrogen-bond acceptors (Lipinski definition) is 2. The number of alkyl halides is 3. The van der Waals surface area contributed by atoms with Gasteiger partial charge in [0.15, 0.2) is 5.17 Å². The molecule has 0 aromatic heterocycles. The smallest absolute Gasteiger partial charge is 0.361 e. The van der Waals surface area contributed by atoms with E-state index in [-0.39, 0.29) is 6.42 Å². The first kappa shape index (κ1) is 14.7. The molecule has 0 amide bonds. The van der Waals surface area contributed by atoms with E-state index in [1.165, 1.54) is 0 Å². The summed E-state index contributed by atoms with van der Waals surface area (Å²) in [6, 6.07) is 0.439. The number of nitrogens with one attached hydrogen (secondary N) is 1. The molecule has 1 N–H and O–H groups in total. The van der Waals surface area contributed by atoms with E-state index < -0.39 is 12.6 Å². The van der Waals surface area contributed by atoms with Crippen molar-refractivity contribution in [1.29, 1.82) is 0 Å². The highest BCUT2D eigenvalue weighted by molar-refractivity contribution is 8.14. The molecular formula is C11H19F3N2S. The Kier molecular flexibility index (Phi) is 5.62. The van der Waals surface area contributed by atoms with Gasteiger partial charge in [0.05, 0.1) is 0 Å². The molecular weight excluding hydrogens is 249 g/mol. The lowest BCUT2D eigenvalue weighted by Gasteiger charge is -2.13. The normalized spacial score (nSPS) is 23.4. The van der Waals surface area contributed by atoms with Crippen LogP contribution in [0.1, 0.15) is 33.1 Å². The predicted molar refractivity (Wildman–Crippen MR) is 66.4 cm³/mol. The number of aliphatic imine (C=N–C) groups is 1. The average Bonchev–Trinajstić information content (AvgIpc) is 2.64. The fourth-order valence-corrected chi connectivity index (χ4v) is 2.70. The highest BCUT2D eigenvalue weighted by Gasteiger charge is 2.26. The van der Waals surface area contributed by atoms with Crippen molar-refractivity contribution < 1.29 is 13.2 Å². The molecule has 1 atom stereocenters. The van der Waals surface area contributed by atoms with Gasteiger partial charge in [-0.25, -0.2) is 0 Å². The van der Waals surface area contributed by atoms with Crippen LogP contribution in [-0.4, -0.2) is 29.7 Å². The number of halogens is 3. The molecule has 1 aliphatic rings. The maximum atomic E-state index is 11.9. The Hall–Kier alpha value is -0.390. The van der Waals surface area contributed by atoms with E-state index in [1.807, 2.05) is 0 Å². The molecule has 0 saturated carbocycles.